The van der Waals surface area contributed by atoms with Gasteiger partial charge in [0.25, 0.3) is 0 Å². The molecule has 0 aliphatic heterocycles. The predicted octanol–water partition coefficient (Wildman–Crippen LogP) is 5.59. The Balaban J connectivity index is 1.90. The quantitative estimate of drug-likeness (QED) is 0.370. The van der Waals surface area contributed by atoms with E-state index in [0.29, 0.717) is 29.5 Å². The summed E-state index contributed by atoms with van der Waals surface area (Å²) in [5.41, 5.74) is -0.0575. The van der Waals surface area contributed by atoms with Crippen LogP contribution in [0.25, 0.3) is 0 Å². The third-order valence-electron chi connectivity index (χ3n) is 5.19. The smallest absolute Gasteiger partial charge is 0.417 e. The molecule has 36 heavy (non-hydrogen) atoms. The molecule has 0 aromatic heterocycles. The number of halogens is 4. The maximum absolute atomic E-state index is 13.2. The monoisotopic (exact) mass is 540 g/mol. The number of benzene rings is 3. The van der Waals surface area contributed by atoms with Crippen LogP contribution in [0.4, 0.5) is 18.9 Å². The Kier molecular flexibility index (Phi) is 8.65. The molecular weight excluding hydrogens is 517 g/mol. The number of aryl methyl sites for hydroxylation is 1. The molecule has 1 atom stereocenters. The molecule has 2 N–H and O–H groups in total. The molecule has 3 aromatic carbocycles. The Morgan fingerprint density at radius 1 is 1.06 bits per heavy atom. The van der Waals surface area contributed by atoms with E-state index in [9.17, 15) is 26.4 Å². The van der Waals surface area contributed by atoms with Crippen molar-refractivity contribution in [3.8, 4) is 5.75 Å². The van der Waals surface area contributed by atoms with Crippen molar-refractivity contribution in [2.24, 2.45) is 0 Å². The van der Waals surface area contributed by atoms with E-state index in [2.05, 4.69) is 10.0 Å². The molecule has 0 radical (unpaired) electrons. The average molecular weight is 541 g/mol. The van der Waals surface area contributed by atoms with Crippen LogP contribution < -0.4 is 14.8 Å². The van der Waals surface area contributed by atoms with E-state index in [1.807, 2.05) is 0 Å². The van der Waals surface area contributed by atoms with Gasteiger partial charge in [0.15, 0.2) is 0 Å². The number of rotatable bonds is 9. The highest BCUT2D eigenvalue weighted by Crippen LogP contribution is 2.36. The fraction of sp³-hybridized carbons (Fsp3) is 0.240. The van der Waals surface area contributed by atoms with Crippen molar-refractivity contribution in [1.29, 1.82) is 0 Å². The fourth-order valence-corrected chi connectivity index (χ4v) is 4.95. The van der Waals surface area contributed by atoms with Gasteiger partial charge in [-0.15, -0.1) is 0 Å². The summed E-state index contributed by atoms with van der Waals surface area (Å²) >= 11 is 5.65. The first-order valence-electron chi connectivity index (χ1n) is 10.9. The van der Waals surface area contributed by atoms with Crippen molar-refractivity contribution in [1.82, 2.24) is 4.72 Å². The Morgan fingerprint density at radius 3 is 2.36 bits per heavy atom. The number of nitrogens with one attached hydrogen (secondary N) is 2. The van der Waals surface area contributed by atoms with Crippen LogP contribution in [0.5, 0.6) is 5.75 Å². The molecule has 0 saturated heterocycles. The third kappa shape index (κ3) is 6.99. The Labute approximate surface area is 212 Å². The summed E-state index contributed by atoms with van der Waals surface area (Å²) in [5, 5.41) is 1.85. The van der Waals surface area contributed by atoms with Gasteiger partial charge in [-0.3, -0.25) is 4.79 Å². The fourth-order valence-electron chi connectivity index (χ4n) is 3.45. The summed E-state index contributed by atoms with van der Waals surface area (Å²) in [6.07, 6.45) is -4.77. The summed E-state index contributed by atoms with van der Waals surface area (Å²) in [4.78, 5) is 13.0. The molecule has 0 heterocycles. The van der Waals surface area contributed by atoms with Gasteiger partial charge in [0, 0.05) is 5.69 Å². The van der Waals surface area contributed by atoms with Crippen LogP contribution in [0, 0.1) is 6.92 Å². The molecule has 11 heteroatoms. The minimum absolute atomic E-state index is 0.0400. The van der Waals surface area contributed by atoms with E-state index in [1.54, 1.807) is 44.2 Å². The molecular formula is C25H24ClF3N2O4S. The SMILES string of the molecule is CCOc1ccc(S(=O)(=O)N[C@H](Cc2ccccc2)C(=O)Nc2ccc(Cl)c(C(F)(F)F)c2)cc1C. The molecule has 3 rings (SSSR count). The van der Waals surface area contributed by atoms with Gasteiger partial charge in [-0.1, -0.05) is 41.9 Å². The number of amides is 1. The van der Waals surface area contributed by atoms with Gasteiger partial charge in [0.1, 0.15) is 11.8 Å². The lowest BCUT2D eigenvalue weighted by atomic mass is 10.1. The molecule has 0 aliphatic carbocycles. The van der Waals surface area contributed by atoms with Crippen LogP contribution in [0.1, 0.15) is 23.6 Å². The normalized spacial score (nSPS) is 12.7. The van der Waals surface area contributed by atoms with Crippen molar-refractivity contribution in [3.63, 3.8) is 0 Å². The zero-order valence-electron chi connectivity index (χ0n) is 19.4. The second-order valence-corrected chi connectivity index (χ2v) is 10.0. The highest BCUT2D eigenvalue weighted by Gasteiger charge is 2.34. The lowest BCUT2D eigenvalue weighted by Crippen LogP contribution is -2.45. The predicted molar refractivity (Wildman–Crippen MR) is 132 cm³/mol. The van der Waals surface area contributed by atoms with Crippen LogP contribution in [0.3, 0.4) is 0 Å². The van der Waals surface area contributed by atoms with Crippen molar-refractivity contribution < 1.29 is 31.1 Å². The van der Waals surface area contributed by atoms with E-state index in [1.165, 1.54) is 24.3 Å². The number of sulfonamides is 1. The van der Waals surface area contributed by atoms with Gasteiger partial charge in [0.2, 0.25) is 15.9 Å². The second kappa shape index (κ2) is 11.3. The summed E-state index contributed by atoms with van der Waals surface area (Å²) in [6.45, 7) is 3.90. The minimum atomic E-state index is -4.73. The minimum Gasteiger partial charge on any atom is -0.494 e. The van der Waals surface area contributed by atoms with Crippen LogP contribution in [0.15, 0.2) is 71.6 Å². The molecule has 0 aliphatic rings. The average Bonchev–Trinajstić information content (AvgIpc) is 2.81. The van der Waals surface area contributed by atoms with Crippen molar-refractivity contribution in [3.05, 3.63) is 88.4 Å². The summed E-state index contributed by atoms with van der Waals surface area (Å²) in [7, 11) is -4.18. The number of hydrogen-bond donors (Lipinski definition) is 2. The van der Waals surface area contributed by atoms with Crippen molar-refractivity contribution in [2.75, 3.05) is 11.9 Å². The zero-order valence-corrected chi connectivity index (χ0v) is 21.0. The standard InChI is InChI=1S/C25H24ClF3N2O4S/c1-3-35-23-12-10-19(13-16(23)2)36(33,34)31-22(14-17-7-5-4-6-8-17)24(32)30-18-9-11-21(26)20(15-18)25(27,28)29/h4-13,15,22,31H,3,14H2,1-2H3,(H,30,32)/t22-/m1/s1. The molecule has 0 saturated carbocycles. The number of anilines is 1. The molecule has 0 unspecified atom stereocenters. The van der Waals surface area contributed by atoms with Crippen LogP contribution >= 0.6 is 11.6 Å². The van der Waals surface area contributed by atoms with Gasteiger partial charge < -0.3 is 10.1 Å². The molecule has 6 nitrogen and oxygen atoms in total. The Morgan fingerprint density at radius 2 is 1.75 bits per heavy atom. The molecule has 192 valence electrons. The van der Waals surface area contributed by atoms with Crippen LogP contribution in [-0.4, -0.2) is 27.0 Å². The number of alkyl halides is 3. The first-order chi connectivity index (χ1) is 16.9. The summed E-state index contributed by atoms with van der Waals surface area (Å²) < 4.78 is 73.8. The van der Waals surface area contributed by atoms with E-state index < -0.39 is 38.7 Å². The van der Waals surface area contributed by atoms with E-state index in [0.717, 1.165) is 6.07 Å². The molecule has 0 fully saturated rings. The van der Waals surface area contributed by atoms with Crippen LogP contribution in [0.2, 0.25) is 5.02 Å². The van der Waals surface area contributed by atoms with Crippen LogP contribution in [-0.2, 0) is 27.4 Å². The number of ether oxygens (including phenoxy) is 1. The van der Waals surface area contributed by atoms with Gasteiger partial charge >= 0.3 is 6.18 Å². The van der Waals surface area contributed by atoms with Gasteiger partial charge in [0.05, 0.1) is 22.1 Å². The highest BCUT2D eigenvalue weighted by molar-refractivity contribution is 7.89. The Hall–Kier alpha value is -3.08. The van der Waals surface area contributed by atoms with E-state index in [-0.39, 0.29) is 17.0 Å². The largest absolute Gasteiger partial charge is 0.494 e. The van der Waals surface area contributed by atoms with E-state index in [4.69, 9.17) is 16.3 Å². The number of hydrogen-bond acceptors (Lipinski definition) is 4. The second-order valence-electron chi connectivity index (χ2n) is 7.91. The molecule has 0 spiro atoms. The molecule has 3 aromatic rings. The third-order valence-corrected chi connectivity index (χ3v) is 6.99. The van der Waals surface area contributed by atoms with Crippen molar-refractivity contribution >= 4 is 33.2 Å². The maximum Gasteiger partial charge on any atom is 0.417 e. The lowest BCUT2D eigenvalue weighted by molar-refractivity contribution is -0.137. The summed E-state index contributed by atoms with van der Waals surface area (Å²) in [6, 6.07) is 14.5. The lowest BCUT2D eigenvalue weighted by Gasteiger charge is -2.20. The van der Waals surface area contributed by atoms with Crippen molar-refractivity contribution in [2.45, 2.75) is 37.4 Å². The Bertz CT molecular complexity index is 1330. The molecule has 0 bridgehead atoms. The number of carbonyl (C=O) groups excluding carboxylic acids is 1. The highest BCUT2D eigenvalue weighted by atomic mass is 35.5. The topological polar surface area (TPSA) is 84.5 Å². The van der Waals surface area contributed by atoms with Gasteiger partial charge in [-0.05, 0) is 67.8 Å². The summed E-state index contributed by atoms with van der Waals surface area (Å²) in [5.74, 6) is -0.307. The first-order valence-corrected chi connectivity index (χ1v) is 12.7. The van der Waals surface area contributed by atoms with Gasteiger partial charge in [-0.2, -0.15) is 17.9 Å². The van der Waals surface area contributed by atoms with Gasteiger partial charge in [-0.25, -0.2) is 8.42 Å². The maximum atomic E-state index is 13.2. The molecule has 1 amide bonds. The number of carbonyl (C=O) groups is 1. The first kappa shape index (κ1) is 27.5. The van der Waals surface area contributed by atoms with E-state index >= 15 is 0 Å². The zero-order chi connectivity index (χ0) is 26.5.